The normalized spacial score (nSPS) is 10.1. The Labute approximate surface area is 121 Å². The number of nitro benzene ring substituents is 1. The first-order valence-corrected chi connectivity index (χ1v) is 6.44. The van der Waals surface area contributed by atoms with E-state index in [-0.39, 0.29) is 17.8 Å². The van der Waals surface area contributed by atoms with Crippen LogP contribution in [-0.2, 0) is 6.54 Å². The van der Waals surface area contributed by atoms with Crippen molar-refractivity contribution in [2.75, 3.05) is 11.9 Å². The van der Waals surface area contributed by atoms with Gasteiger partial charge < -0.3 is 15.1 Å². The molecule has 1 aromatic heterocycles. The molecule has 21 heavy (non-hydrogen) atoms. The molecular weight excluding hydrogens is 274 g/mol. The number of nitro groups is 1. The zero-order chi connectivity index (χ0) is 15.2. The maximum absolute atomic E-state index is 12.0. The molecule has 0 spiro atoms. The molecule has 1 heterocycles. The highest BCUT2D eigenvalue weighted by Gasteiger charge is 2.17. The van der Waals surface area contributed by atoms with E-state index in [1.807, 2.05) is 6.92 Å². The first kappa shape index (κ1) is 14.6. The molecule has 1 aromatic carbocycles. The molecule has 2 N–H and O–H groups in total. The monoisotopic (exact) mass is 289 g/mol. The second kappa shape index (κ2) is 6.56. The number of hydrogen-bond acceptors (Lipinski definition) is 5. The molecule has 0 bridgehead atoms. The number of carbonyl (C=O) groups excluding carboxylic acids is 1. The van der Waals surface area contributed by atoms with Gasteiger partial charge in [0.2, 0.25) is 0 Å². The van der Waals surface area contributed by atoms with E-state index in [0.717, 1.165) is 0 Å². The third-order valence-electron chi connectivity index (χ3n) is 2.83. The van der Waals surface area contributed by atoms with Gasteiger partial charge in [0.1, 0.15) is 11.4 Å². The number of nitrogens with zero attached hydrogens (tertiary/aromatic N) is 1. The van der Waals surface area contributed by atoms with E-state index in [1.165, 1.54) is 18.4 Å². The van der Waals surface area contributed by atoms with Gasteiger partial charge in [0.15, 0.2) is 0 Å². The molecule has 0 aliphatic heterocycles. The number of rotatable bonds is 6. The molecule has 0 aliphatic rings. The molecule has 0 radical (unpaired) electrons. The van der Waals surface area contributed by atoms with Gasteiger partial charge in [-0.25, -0.2) is 0 Å². The number of anilines is 1. The van der Waals surface area contributed by atoms with Crippen LogP contribution >= 0.6 is 0 Å². The van der Waals surface area contributed by atoms with Gasteiger partial charge in [-0.3, -0.25) is 14.9 Å². The van der Waals surface area contributed by atoms with Gasteiger partial charge >= 0.3 is 0 Å². The molecule has 2 rings (SSSR count). The van der Waals surface area contributed by atoms with E-state index in [4.69, 9.17) is 4.42 Å². The summed E-state index contributed by atoms with van der Waals surface area (Å²) >= 11 is 0. The lowest BCUT2D eigenvalue weighted by Gasteiger charge is -2.07. The zero-order valence-electron chi connectivity index (χ0n) is 11.5. The molecule has 0 atom stereocenters. The summed E-state index contributed by atoms with van der Waals surface area (Å²) in [5.74, 6) is 0.222. The Morgan fingerprint density at radius 2 is 2.19 bits per heavy atom. The number of benzene rings is 1. The fraction of sp³-hybridized carbons (Fsp3) is 0.214. The minimum Gasteiger partial charge on any atom is -0.467 e. The lowest BCUT2D eigenvalue weighted by molar-refractivity contribution is -0.384. The van der Waals surface area contributed by atoms with Gasteiger partial charge in [-0.2, -0.15) is 0 Å². The van der Waals surface area contributed by atoms with Crippen LogP contribution < -0.4 is 10.6 Å². The molecule has 0 saturated carbocycles. The summed E-state index contributed by atoms with van der Waals surface area (Å²) in [4.78, 5) is 22.5. The predicted molar refractivity (Wildman–Crippen MR) is 77.1 cm³/mol. The SMILES string of the molecule is CCNc1ccc(C(=O)NCc2ccco2)cc1[N+](=O)[O-]. The first-order valence-electron chi connectivity index (χ1n) is 6.44. The molecular formula is C14H15N3O4. The van der Waals surface area contributed by atoms with Crippen molar-refractivity contribution in [3.05, 3.63) is 58.0 Å². The maximum Gasteiger partial charge on any atom is 0.293 e. The minimum absolute atomic E-state index is 0.123. The first-order chi connectivity index (χ1) is 10.1. The molecule has 7 heteroatoms. The quantitative estimate of drug-likeness (QED) is 0.629. The van der Waals surface area contributed by atoms with Gasteiger partial charge in [-0.15, -0.1) is 0 Å². The van der Waals surface area contributed by atoms with Crippen molar-refractivity contribution in [3.8, 4) is 0 Å². The second-order valence-corrected chi connectivity index (χ2v) is 4.28. The van der Waals surface area contributed by atoms with E-state index in [2.05, 4.69) is 10.6 Å². The van der Waals surface area contributed by atoms with Crippen molar-refractivity contribution >= 4 is 17.3 Å². The lowest BCUT2D eigenvalue weighted by Crippen LogP contribution is -2.22. The molecule has 0 saturated heterocycles. The van der Waals surface area contributed by atoms with Crippen LogP contribution in [0.5, 0.6) is 0 Å². The molecule has 1 amide bonds. The summed E-state index contributed by atoms with van der Waals surface area (Å²) in [6.07, 6.45) is 1.51. The smallest absolute Gasteiger partial charge is 0.293 e. The predicted octanol–water partition coefficient (Wildman–Crippen LogP) is 2.55. The number of furan rings is 1. The van der Waals surface area contributed by atoms with Gasteiger partial charge in [0.05, 0.1) is 17.7 Å². The average molecular weight is 289 g/mol. The number of nitrogens with one attached hydrogen (secondary N) is 2. The highest BCUT2D eigenvalue weighted by Crippen LogP contribution is 2.25. The highest BCUT2D eigenvalue weighted by molar-refractivity contribution is 5.95. The fourth-order valence-electron chi connectivity index (χ4n) is 1.85. The summed E-state index contributed by atoms with van der Waals surface area (Å²) in [6.45, 7) is 2.63. The largest absolute Gasteiger partial charge is 0.467 e. The third-order valence-corrected chi connectivity index (χ3v) is 2.83. The zero-order valence-corrected chi connectivity index (χ0v) is 11.5. The minimum atomic E-state index is -0.513. The summed E-state index contributed by atoms with van der Waals surface area (Å²) in [6, 6.07) is 7.79. The van der Waals surface area contributed by atoms with E-state index in [0.29, 0.717) is 18.0 Å². The van der Waals surface area contributed by atoms with Crippen molar-refractivity contribution in [1.29, 1.82) is 0 Å². The van der Waals surface area contributed by atoms with Crippen LogP contribution in [0.1, 0.15) is 23.0 Å². The Hall–Kier alpha value is -2.83. The Kier molecular flexibility index (Phi) is 4.55. The van der Waals surface area contributed by atoms with Crippen molar-refractivity contribution in [2.24, 2.45) is 0 Å². The van der Waals surface area contributed by atoms with Gasteiger partial charge in [-0.05, 0) is 31.2 Å². The molecule has 7 nitrogen and oxygen atoms in total. The van der Waals surface area contributed by atoms with E-state index >= 15 is 0 Å². The van der Waals surface area contributed by atoms with Crippen molar-refractivity contribution in [2.45, 2.75) is 13.5 Å². The maximum atomic E-state index is 12.0. The molecule has 0 unspecified atom stereocenters. The van der Waals surface area contributed by atoms with E-state index in [9.17, 15) is 14.9 Å². The Bertz CT molecular complexity index is 638. The third kappa shape index (κ3) is 3.59. The molecule has 110 valence electrons. The summed E-state index contributed by atoms with van der Waals surface area (Å²) in [5, 5.41) is 16.6. The van der Waals surface area contributed by atoms with Crippen LogP contribution in [0.25, 0.3) is 0 Å². The van der Waals surface area contributed by atoms with Crippen LogP contribution in [0.2, 0.25) is 0 Å². The Morgan fingerprint density at radius 3 is 2.81 bits per heavy atom. The molecule has 2 aromatic rings. The fourth-order valence-corrected chi connectivity index (χ4v) is 1.85. The topological polar surface area (TPSA) is 97.4 Å². The van der Waals surface area contributed by atoms with Crippen LogP contribution in [0, 0.1) is 10.1 Å². The molecule has 0 aliphatic carbocycles. The number of hydrogen-bond donors (Lipinski definition) is 2. The van der Waals surface area contributed by atoms with Crippen LogP contribution in [-0.4, -0.2) is 17.4 Å². The highest BCUT2D eigenvalue weighted by atomic mass is 16.6. The Balaban J connectivity index is 2.13. The summed E-state index contributed by atoms with van der Waals surface area (Å²) in [5.41, 5.74) is 0.502. The second-order valence-electron chi connectivity index (χ2n) is 4.28. The van der Waals surface area contributed by atoms with Gasteiger partial charge in [0.25, 0.3) is 11.6 Å². The van der Waals surface area contributed by atoms with Gasteiger partial charge in [-0.1, -0.05) is 0 Å². The van der Waals surface area contributed by atoms with Crippen LogP contribution in [0.3, 0.4) is 0 Å². The average Bonchev–Trinajstić information content (AvgIpc) is 2.98. The van der Waals surface area contributed by atoms with Crippen LogP contribution in [0.15, 0.2) is 41.0 Å². The lowest BCUT2D eigenvalue weighted by atomic mass is 10.1. The Morgan fingerprint density at radius 1 is 1.38 bits per heavy atom. The van der Waals surface area contributed by atoms with E-state index in [1.54, 1.807) is 18.2 Å². The summed E-state index contributed by atoms with van der Waals surface area (Å²) < 4.78 is 5.10. The van der Waals surface area contributed by atoms with E-state index < -0.39 is 10.8 Å². The standard InChI is InChI=1S/C14H15N3O4/c1-2-15-12-6-5-10(8-13(12)17(19)20)14(18)16-9-11-4-3-7-21-11/h3-8,15H,2,9H2,1H3,(H,16,18). The summed E-state index contributed by atoms with van der Waals surface area (Å²) in [7, 11) is 0. The number of amides is 1. The number of carbonyl (C=O) groups is 1. The van der Waals surface area contributed by atoms with Crippen molar-refractivity contribution in [3.63, 3.8) is 0 Å². The van der Waals surface area contributed by atoms with Gasteiger partial charge in [0, 0.05) is 18.2 Å². The van der Waals surface area contributed by atoms with Crippen LogP contribution in [0.4, 0.5) is 11.4 Å². The van der Waals surface area contributed by atoms with Crippen molar-refractivity contribution < 1.29 is 14.1 Å². The molecule has 0 fully saturated rings. The van der Waals surface area contributed by atoms with Crippen molar-refractivity contribution in [1.82, 2.24) is 5.32 Å².